The highest BCUT2D eigenvalue weighted by molar-refractivity contribution is 8.18. The SMILES string of the molecule is C/C(=C1/SC(=Nc2cccnc2Cl)N(C2CCCCC2)C1=O)c1ccc(Cl)cc1. The Morgan fingerprint density at radius 2 is 1.86 bits per heavy atom. The molecule has 2 fully saturated rings. The third-order valence-electron chi connectivity index (χ3n) is 5.33. The molecule has 1 aliphatic carbocycles. The van der Waals surface area contributed by atoms with Crippen LogP contribution in [0.1, 0.15) is 44.6 Å². The summed E-state index contributed by atoms with van der Waals surface area (Å²) >= 11 is 13.7. The van der Waals surface area contributed by atoms with Crippen molar-refractivity contribution in [2.45, 2.75) is 45.1 Å². The second-order valence-electron chi connectivity index (χ2n) is 7.24. The smallest absolute Gasteiger partial charge is 0.267 e. The van der Waals surface area contributed by atoms with Crippen molar-refractivity contribution in [2.75, 3.05) is 0 Å². The summed E-state index contributed by atoms with van der Waals surface area (Å²) in [5.41, 5.74) is 2.49. The number of hydrogen-bond acceptors (Lipinski definition) is 4. The number of rotatable bonds is 3. The van der Waals surface area contributed by atoms with Gasteiger partial charge in [0.05, 0.1) is 4.91 Å². The minimum atomic E-state index is 0.0214. The number of aliphatic imine (C=N–C) groups is 1. The van der Waals surface area contributed by atoms with Crippen molar-refractivity contribution in [3.05, 3.63) is 63.2 Å². The first-order valence-corrected chi connectivity index (χ1v) is 11.3. The molecule has 2 aromatic rings. The Kier molecular flexibility index (Phi) is 6.28. The summed E-state index contributed by atoms with van der Waals surface area (Å²) in [7, 11) is 0. The Hall–Kier alpha value is -1.82. The van der Waals surface area contributed by atoms with Crippen molar-refractivity contribution in [3.8, 4) is 0 Å². The molecule has 1 saturated carbocycles. The maximum Gasteiger partial charge on any atom is 0.267 e. The summed E-state index contributed by atoms with van der Waals surface area (Å²) in [6.07, 6.45) is 7.12. The molecule has 0 bridgehead atoms. The molecule has 4 rings (SSSR count). The highest BCUT2D eigenvalue weighted by Gasteiger charge is 2.39. The lowest BCUT2D eigenvalue weighted by Crippen LogP contribution is -2.40. The zero-order valence-corrected chi connectivity index (χ0v) is 18.4. The van der Waals surface area contributed by atoms with Crippen LogP contribution in [-0.2, 0) is 4.79 Å². The number of carbonyl (C=O) groups is 1. The van der Waals surface area contributed by atoms with Crippen molar-refractivity contribution in [1.29, 1.82) is 0 Å². The van der Waals surface area contributed by atoms with Gasteiger partial charge in [-0.15, -0.1) is 0 Å². The van der Waals surface area contributed by atoms with E-state index in [9.17, 15) is 4.79 Å². The standard InChI is InChI=1S/C22H21Cl2N3OS/c1-14(15-9-11-16(23)12-10-15)19-21(28)27(17-6-3-2-4-7-17)22(29-19)26-18-8-5-13-25-20(18)24/h5,8-13,17H,2-4,6-7H2,1H3/b19-14-,26-22?. The van der Waals surface area contributed by atoms with Crippen LogP contribution < -0.4 is 0 Å². The normalized spacial score (nSPS) is 21.1. The zero-order chi connectivity index (χ0) is 20.4. The maximum atomic E-state index is 13.5. The topological polar surface area (TPSA) is 45.6 Å². The van der Waals surface area contributed by atoms with Gasteiger partial charge in [0.2, 0.25) is 0 Å². The summed E-state index contributed by atoms with van der Waals surface area (Å²) in [6.45, 7) is 1.97. The van der Waals surface area contributed by atoms with Crippen LogP contribution in [0.25, 0.3) is 5.57 Å². The van der Waals surface area contributed by atoms with Crippen LogP contribution >= 0.6 is 35.0 Å². The maximum absolute atomic E-state index is 13.5. The van der Waals surface area contributed by atoms with Crippen LogP contribution in [0.5, 0.6) is 0 Å². The Morgan fingerprint density at radius 1 is 1.14 bits per heavy atom. The molecule has 1 aliphatic heterocycles. The molecule has 0 unspecified atom stereocenters. The van der Waals surface area contributed by atoms with E-state index < -0.39 is 0 Å². The predicted molar refractivity (Wildman–Crippen MR) is 122 cm³/mol. The minimum Gasteiger partial charge on any atom is -0.283 e. The monoisotopic (exact) mass is 445 g/mol. The van der Waals surface area contributed by atoms with Gasteiger partial charge >= 0.3 is 0 Å². The van der Waals surface area contributed by atoms with Crippen molar-refractivity contribution in [1.82, 2.24) is 9.88 Å². The van der Waals surface area contributed by atoms with Crippen LogP contribution in [0.2, 0.25) is 10.2 Å². The van der Waals surface area contributed by atoms with Gasteiger partial charge in [-0.1, -0.05) is 54.6 Å². The number of amides is 1. The Labute approximate surface area is 185 Å². The first-order chi connectivity index (χ1) is 14.0. The van der Waals surface area contributed by atoms with Gasteiger partial charge in [-0.05, 0) is 66.9 Å². The summed E-state index contributed by atoms with van der Waals surface area (Å²) in [5.74, 6) is 0.0214. The number of amidine groups is 1. The lowest BCUT2D eigenvalue weighted by atomic mass is 9.94. The van der Waals surface area contributed by atoms with E-state index in [1.54, 1.807) is 12.3 Å². The van der Waals surface area contributed by atoms with E-state index in [4.69, 9.17) is 28.2 Å². The van der Waals surface area contributed by atoms with Crippen molar-refractivity contribution in [3.63, 3.8) is 0 Å². The third kappa shape index (κ3) is 4.37. The number of hydrogen-bond donors (Lipinski definition) is 0. The molecule has 1 aromatic heterocycles. The molecule has 1 aromatic carbocycles. The largest absolute Gasteiger partial charge is 0.283 e. The van der Waals surface area contributed by atoms with Gasteiger partial charge in [-0.3, -0.25) is 9.69 Å². The molecule has 0 radical (unpaired) electrons. The summed E-state index contributed by atoms with van der Waals surface area (Å²) in [5, 5.41) is 1.69. The lowest BCUT2D eigenvalue weighted by molar-refractivity contribution is -0.124. The van der Waals surface area contributed by atoms with E-state index in [0.717, 1.165) is 36.8 Å². The second-order valence-corrected chi connectivity index (χ2v) is 9.01. The van der Waals surface area contributed by atoms with Gasteiger partial charge in [-0.2, -0.15) is 0 Å². The first kappa shape index (κ1) is 20.5. The van der Waals surface area contributed by atoms with Crippen LogP contribution in [0.15, 0.2) is 52.5 Å². The quantitative estimate of drug-likeness (QED) is 0.389. The van der Waals surface area contributed by atoms with E-state index in [1.165, 1.54) is 18.2 Å². The number of halogens is 2. The number of carbonyl (C=O) groups excluding carboxylic acids is 1. The molecule has 0 N–H and O–H groups in total. The van der Waals surface area contributed by atoms with Gasteiger partial charge in [0, 0.05) is 17.3 Å². The minimum absolute atomic E-state index is 0.0214. The van der Waals surface area contributed by atoms with Crippen molar-refractivity contribution in [2.24, 2.45) is 4.99 Å². The van der Waals surface area contributed by atoms with E-state index in [0.29, 0.717) is 25.9 Å². The van der Waals surface area contributed by atoms with Crippen molar-refractivity contribution >= 4 is 57.3 Å². The Balaban J connectivity index is 1.76. The molecule has 1 amide bonds. The summed E-state index contributed by atoms with van der Waals surface area (Å²) < 4.78 is 0. The molecular weight excluding hydrogens is 425 g/mol. The molecular formula is C22H21Cl2N3OS. The van der Waals surface area contributed by atoms with Crippen LogP contribution in [0.3, 0.4) is 0 Å². The summed E-state index contributed by atoms with van der Waals surface area (Å²) in [6, 6.07) is 11.4. The molecule has 2 aliphatic rings. The van der Waals surface area contributed by atoms with Crippen LogP contribution in [-0.4, -0.2) is 27.0 Å². The molecule has 2 heterocycles. The number of thioether (sulfide) groups is 1. The number of benzene rings is 1. The van der Waals surface area contributed by atoms with Gasteiger partial charge in [-0.25, -0.2) is 9.98 Å². The number of pyridine rings is 1. The molecule has 7 heteroatoms. The van der Waals surface area contributed by atoms with Crippen LogP contribution in [0.4, 0.5) is 5.69 Å². The number of nitrogens with zero attached hydrogens (tertiary/aromatic N) is 3. The molecule has 29 heavy (non-hydrogen) atoms. The molecule has 0 atom stereocenters. The fourth-order valence-electron chi connectivity index (χ4n) is 3.75. The number of aromatic nitrogens is 1. The number of allylic oxidation sites excluding steroid dienone is 1. The van der Waals surface area contributed by atoms with E-state index in [-0.39, 0.29) is 11.9 Å². The van der Waals surface area contributed by atoms with Gasteiger partial charge in [0.1, 0.15) is 5.69 Å². The fraction of sp³-hybridized carbons (Fsp3) is 0.318. The fourth-order valence-corrected chi connectivity index (χ4v) is 5.15. The van der Waals surface area contributed by atoms with Gasteiger partial charge < -0.3 is 0 Å². The average Bonchev–Trinajstić information content (AvgIpc) is 3.06. The molecule has 4 nitrogen and oxygen atoms in total. The first-order valence-electron chi connectivity index (χ1n) is 9.72. The van der Waals surface area contributed by atoms with E-state index in [1.807, 2.05) is 42.2 Å². The summed E-state index contributed by atoms with van der Waals surface area (Å²) in [4.78, 5) is 24.9. The zero-order valence-electron chi connectivity index (χ0n) is 16.1. The van der Waals surface area contributed by atoms with Gasteiger partial charge in [0.25, 0.3) is 5.91 Å². The molecule has 150 valence electrons. The highest BCUT2D eigenvalue weighted by atomic mass is 35.5. The third-order valence-corrected chi connectivity index (χ3v) is 7.02. The second kappa shape index (κ2) is 8.90. The van der Waals surface area contributed by atoms with Crippen molar-refractivity contribution < 1.29 is 4.79 Å². The average molecular weight is 446 g/mol. The predicted octanol–water partition coefficient (Wildman–Crippen LogP) is 6.72. The highest BCUT2D eigenvalue weighted by Crippen LogP contribution is 2.41. The molecule has 1 saturated heterocycles. The Morgan fingerprint density at radius 3 is 2.55 bits per heavy atom. The van der Waals surface area contributed by atoms with Crippen LogP contribution in [0, 0.1) is 0 Å². The van der Waals surface area contributed by atoms with Gasteiger partial charge in [0.15, 0.2) is 10.3 Å². The van der Waals surface area contributed by atoms with E-state index in [2.05, 4.69) is 4.98 Å². The lowest BCUT2D eigenvalue weighted by Gasteiger charge is -2.30. The molecule has 0 spiro atoms. The van der Waals surface area contributed by atoms with E-state index >= 15 is 0 Å². The Bertz CT molecular complexity index is 982.